The molecule has 5 atom stereocenters. The minimum atomic E-state index is 0.388. The smallest absolute Gasteiger partial charge is 0.0785 e. The Balaban J connectivity index is -0.0000000774. The first-order chi connectivity index (χ1) is 23.4. The normalized spacial score (nSPS) is 13.1. The fraction of sp³-hybridized carbons (Fsp3) is 0.957. The van der Waals surface area contributed by atoms with Crippen LogP contribution < -0.4 is 0 Å². The number of hydrogen-bond acceptors (Lipinski definition) is 1. The third kappa shape index (κ3) is 60.1. The SMILES string of the molecule is C/C=C(/C)C(C)(CC)C(CCC)CC(C)CCC(C)[C@H](C)CCCC.CC.CC.CC.CCC.CCC.CCCCCC.CCOC.CF. The molecule has 0 aromatic heterocycles. The van der Waals surface area contributed by atoms with E-state index in [1.807, 2.05) is 48.5 Å². The molecule has 0 aliphatic heterocycles. The molecule has 0 aliphatic carbocycles. The molecule has 0 aromatic rings. The molecule has 0 N–H and O–H groups in total. The van der Waals surface area contributed by atoms with Crippen LogP contribution in [0.1, 0.15) is 249 Å². The van der Waals surface area contributed by atoms with Crippen molar-refractivity contribution < 1.29 is 9.13 Å². The molecule has 0 bridgehead atoms. The third-order valence-corrected chi connectivity index (χ3v) is 8.64. The molecule has 0 fully saturated rings. The van der Waals surface area contributed by atoms with E-state index in [0.717, 1.165) is 30.3 Å². The summed E-state index contributed by atoms with van der Waals surface area (Å²) in [6.07, 6.45) is 22.7. The monoisotopic (exact) mass is 709 g/mol. The molecule has 0 radical (unpaired) electrons. The minimum Gasteiger partial charge on any atom is -0.385 e. The first kappa shape index (κ1) is 70.2. The van der Waals surface area contributed by atoms with Crippen molar-refractivity contribution in [1.82, 2.24) is 0 Å². The van der Waals surface area contributed by atoms with Crippen molar-refractivity contribution in [1.29, 1.82) is 0 Å². The number of unbranched alkanes of at least 4 members (excludes halogenated alkanes) is 4. The van der Waals surface area contributed by atoms with Gasteiger partial charge in [-0.25, -0.2) is 0 Å². The lowest BCUT2D eigenvalue weighted by atomic mass is 9.65. The zero-order chi connectivity index (χ0) is 41.1. The van der Waals surface area contributed by atoms with Gasteiger partial charge in [-0.15, -0.1) is 0 Å². The standard InChI is InChI=1S/C25H50.C6H14.C3H8O.2C3H8.3C2H6.CH3F/c1-10-14-16-21(6)22(7)18-17-20(5)19-24(15-11-2)25(9,13-4)23(8)12-3;1-3-5-6-4-2;1-3-4-2;2*1-3-2;4*1-2/h12,20-22,24H,10-11,13-19H2,1-9H3;3-6H2,1-2H3;3H2,1-2H3;2*3H2,1-2H3;3*1-2H3;1H3/b23-12-;;;;;;;;/t20?,21-,22?,24?,25?;;;;;;;;/m1......../s1. The van der Waals surface area contributed by atoms with E-state index in [1.54, 1.807) is 12.7 Å². The molecule has 0 saturated carbocycles. The summed E-state index contributed by atoms with van der Waals surface area (Å²) in [7, 11) is 2.18. The molecular formula is C47H109FO. The maximum absolute atomic E-state index is 9.50. The highest BCUT2D eigenvalue weighted by molar-refractivity contribution is 5.11. The van der Waals surface area contributed by atoms with Gasteiger partial charge >= 0.3 is 0 Å². The zero-order valence-corrected chi connectivity index (χ0v) is 40.0. The largest absolute Gasteiger partial charge is 0.385 e. The van der Waals surface area contributed by atoms with Gasteiger partial charge in [-0.3, -0.25) is 4.39 Å². The van der Waals surface area contributed by atoms with Gasteiger partial charge in [0.05, 0.1) is 7.18 Å². The fourth-order valence-electron chi connectivity index (χ4n) is 5.01. The van der Waals surface area contributed by atoms with Gasteiger partial charge in [0.1, 0.15) is 0 Å². The Kier molecular flexibility index (Phi) is 99.5. The van der Waals surface area contributed by atoms with E-state index in [0.29, 0.717) is 12.6 Å². The van der Waals surface area contributed by atoms with Gasteiger partial charge in [0.2, 0.25) is 0 Å². The number of rotatable bonds is 18. The number of allylic oxidation sites excluding steroid dienone is 2. The van der Waals surface area contributed by atoms with Crippen molar-refractivity contribution in [3.8, 4) is 0 Å². The molecule has 49 heavy (non-hydrogen) atoms. The topological polar surface area (TPSA) is 9.23 Å². The van der Waals surface area contributed by atoms with Gasteiger partial charge < -0.3 is 4.74 Å². The lowest BCUT2D eigenvalue weighted by Gasteiger charge is -2.40. The predicted molar refractivity (Wildman–Crippen MR) is 237 cm³/mol. The molecule has 0 heterocycles. The summed E-state index contributed by atoms with van der Waals surface area (Å²) in [6.45, 7) is 49.3. The number of halogens is 1. The van der Waals surface area contributed by atoms with E-state index >= 15 is 0 Å². The van der Waals surface area contributed by atoms with Crippen LogP contribution in [0.15, 0.2) is 11.6 Å². The van der Waals surface area contributed by atoms with E-state index in [9.17, 15) is 4.39 Å². The molecule has 1 nitrogen and oxygen atoms in total. The minimum absolute atomic E-state index is 0.388. The second-order valence-electron chi connectivity index (χ2n) is 12.9. The summed E-state index contributed by atoms with van der Waals surface area (Å²) < 4.78 is 14.0. The van der Waals surface area contributed by atoms with Crippen molar-refractivity contribution in [2.75, 3.05) is 20.9 Å². The van der Waals surface area contributed by atoms with E-state index in [4.69, 9.17) is 0 Å². The van der Waals surface area contributed by atoms with Crippen molar-refractivity contribution in [3.05, 3.63) is 11.6 Å². The number of alkyl halides is 1. The van der Waals surface area contributed by atoms with Crippen LogP contribution in [0.25, 0.3) is 0 Å². The maximum Gasteiger partial charge on any atom is 0.0785 e. The lowest BCUT2D eigenvalue weighted by Crippen LogP contribution is -2.30. The Bertz CT molecular complexity index is 467. The van der Waals surface area contributed by atoms with Gasteiger partial charge in [0.15, 0.2) is 0 Å². The lowest BCUT2D eigenvalue weighted by molar-refractivity contribution is 0.169. The van der Waals surface area contributed by atoms with Crippen LogP contribution in [0.5, 0.6) is 0 Å². The first-order valence-corrected chi connectivity index (χ1v) is 21.9. The van der Waals surface area contributed by atoms with Crippen LogP contribution >= 0.6 is 0 Å². The predicted octanol–water partition coefficient (Wildman–Crippen LogP) is 18.8. The molecule has 0 rings (SSSR count). The highest BCUT2D eigenvalue weighted by Crippen LogP contribution is 2.44. The van der Waals surface area contributed by atoms with Crippen LogP contribution in [0, 0.1) is 29.1 Å². The molecular weight excluding hydrogens is 600 g/mol. The van der Waals surface area contributed by atoms with E-state index in [-0.39, 0.29) is 0 Å². The summed E-state index contributed by atoms with van der Waals surface area (Å²) in [5, 5.41) is 0. The fourth-order valence-corrected chi connectivity index (χ4v) is 5.01. The molecule has 4 unspecified atom stereocenters. The quantitative estimate of drug-likeness (QED) is 0.102. The summed E-state index contributed by atoms with van der Waals surface area (Å²) >= 11 is 0. The van der Waals surface area contributed by atoms with Crippen LogP contribution in [0.2, 0.25) is 0 Å². The molecule has 2 heteroatoms. The van der Waals surface area contributed by atoms with Gasteiger partial charge in [-0.05, 0) is 69.1 Å². The summed E-state index contributed by atoms with van der Waals surface area (Å²) in [6, 6.07) is 0. The Morgan fingerprint density at radius 1 is 0.612 bits per heavy atom. The third-order valence-electron chi connectivity index (χ3n) is 8.64. The first-order valence-electron chi connectivity index (χ1n) is 21.9. The van der Waals surface area contributed by atoms with Gasteiger partial charge in [-0.1, -0.05) is 220 Å². The molecule has 0 aliphatic rings. The van der Waals surface area contributed by atoms with E-state index in [1.165, 1.54) is 96.3 Å². The Morgan fingerprint density at radius 3 is 1.22 bits per heavy atom. The van der Waals surface area contributed by atoms with Gasteiger partial charge in [-0.2, -0.15) is 0 Å². The maximum atomic E-state index is 9.50. The Labute approximate surface area is 318 Å². The molecule has 0 amide bonds. The number of hydrogen-bond donors (Lipinski definition) is 0. The number of methoxy groups -OCH3 is 1. The zero-order valence-electron chi connectivity index (χ0n) is 40.0. The molecule has 0 aromatic carbocycles. The van der Waals surface area contributed by atoms with Crippen molar-refractivity contribution in [2.45, 2.75) is 249 Å². The molecule has 310 valence electrons. The summed E-state index contributed by atoms with van der Waals surface area (Å²) in [4.78, 5) is 0. The summed E-state index contributed by atoms with van der Waals surface area (Å²) in [5.74, 6) is 3.47. The highest BCUT2D eigenvalue weighted by Gasteiger charge is 2.34. The second-order valence-corrected chi connectivity index (χ2v) is 12.9. The van der Waals surface area contributed by atoms with Crippen molar-refractivity contribution in [2.24, 2.45) is 29.1 Å². The van der Waals surface area contributed by atoms with E-state index in [2.05, 4.69) is 115 Å². The van der Waals surface area contributed by atoms with Crippen LogP contribution in [0.4, 0.5) is 4.39 Å². The van der Waals surface area contributed by atoms with Crippen LogP contribution in [-0.2, 0) is 4.74 Å². The van der Waals surface area contributed by atoms with Crippen molar-refractivity contribution >= 4 is 0 Å². The average Bonchev–Trinajstić information content (AvgIpc) is 3.15. The average molecular weight is 709 g/mol. The van der Waals surface area contributed by atoms with Gasteiger partial charge in [0.25, 0.3) is 0 Å². The van der Waals surface area contributed by atoms with Crippen LogP contribution in [0.3, 0.4) is 0 Å². The molecule has 0 spiro atoms. The number of ether oxygens (including phenoxy) is 1. The van der Waals surface area contributed by atoms with Crippen molar-refractivity contribution in [3.63, 3.8) is 0 Å². The summed E-state index contributed by atoms with van der Waals surface area (Å²) in [5.41, 5.74) is 1.99. The second kappa shape index (κ2) is 69.4. The van der Waals surface area contributed by atoms with Gasteiger partial charge in [0, 0.05) is 13.7 Å². The Hall–Kier alpha value is -0.370. The molecule has 0 saturated heterocycles. The highest BCUT2D eigenvalue weighted by atomic mass is 19.1. The van der Waals surface area contributed by atoms with E-state index < -0.39 is 0 Å². The Morgan fingerprint density at radius 2 is 0.959 bits per heavy atom. The van der Waals surface area contributed by atoms with Crippen LogP contribution in [-0.4, -0.2) is 20.9 Å².